The van der Waals surface area contributed by atoms with Crippen molar-refractivity contribution in [1.29, 1.82) is 10.5 Å². The Kier molecular flexibility index (Phi) is 4.64. The van der Waals surface area contributed by atoms with Crippen LogP contribution >= 0.6 is 11.6 Å². The van der Waals surface area contributed by atoms with E-state index >= 15 is 0 Å². The van der Waals surface area contributed by atoms with Crippen LogP contribution in [0.2, 0.25) is 5.02 Å². The summed E-state index contributed by atoms with van der Waals surface area (Å²) in [7, 11) is 0. The summed E-state index contributed by atoms with van der Waals surface area (Å²) in [5, 5.41) is 18.1. The molecule has 0 spiro atoms. The molecule has 3 nitrogen and oxygen atoms in total. The Labute approximate surface area is 100 Å². The van der Waals surface area contributed by atoms with Gasteiger partial charge >= 0.3 is 0 Å². The first-order valence-electron chi connectivity index (χ1n) is 5.05. The van der Waals surface area contributed by atoms with Crippen LogP contribution in [0.4, 0.5) is 5.69 Å². The van der Waals surface area contributed by atoms with Crippen molar-refractivity contribution in [2.24, 2.45) is 0 Å². The normalized spacial score (nSPS) is 9.25. The maximum Gasteiger partial charge on any atom is 0.103 e. The second kappa shape index (κ2) is 6.00. The average Bonchev–Trinajstić information content (AvgIpc) is 2.30. The van der Waals surface area contributed by atoms with E-state index in [1.807, 2.05) is 24.0 Å². The maximum absolute atomic E-state index is 9.04. The minimum atomic E-state index is 0.436. The van der Waals surface area contributed by atoms with Crippen LogP contribution in [0.1, 0.15) is 18.9 Å². The molecular weight excluding hydrogens is 222 g/mol. The number of hydrogen-bond acceptors (Lipinski definition) is 3. The van der Waals surface area contributed by atoms with Gasteiger partial charge in [-0.2, -0.15) is 10.5 Å². The van der Waals surface area contributed by atoms with Gasteiger partial charge in [0.05, 0.1) is 28.8 Å². The number of nitriles is 2. The smallest absolute Gasteiger partial charge is 0.103 e. The van der Waals surface area contributed by atoms with Crippen LogP contribution < -0.4 is 4.90 Å². The Morgan fingerprint density at radius 2 is 2.12 bits per heavy atom. The lowest BCUT2D eigenvalue weighted by molar-refractivity contribution is 0.826. The lowest BCUT2D eigenvalue weighted by Crippen LogP contribution is -2.24. The van der Waals surface area contributed by atoms with Gasteiger partial charge in [0.1, 0.15) is 6.07 Å². The summed E-state index contributed by atoms with van der Waals surface area (Å²) >= 11 is 5.95. The van der Waals surface area contributed by atoms with Crippen LogP contribution in [0, 0.1) is 22.7 Å². The fourth-order valence-electron chi connectivity index (χ4n) is 1.52. The monoisotopic (exact) mass is 233 g/mol. The molecule has 16 heavy (non-hydrogen) atoms. The lowest BCUT2D eigenvalue weighted by Gasteiger charge is -2.23. The first-order chi connectivity index (χ1) is 7.74. The minimum Gasteiger partial charge on any atom is -0.370 e. The largest absolute Gasteiger partial charge is 0.370 e. The van der Waals surface area contributed by atoms with Gasteiger partial charge in [-0.15, -0.1) is 0 Å². The van der Waals surface area contributed by atoms with Crippen molar-refractivity contribution in [1.82, 2.24) is 0 Å². The third-order valence-electron chi connectivity index (χ3n) is 2.32. The molecule has 0 fully saturated rings. The van der Waals surface area contributed by atoms with Gasteiger partial charge in [0.2, 0.25) is 0 Å². The third kappa shape index (κ3) is 2.66. The van der Waals surface area contributed by atoms with Gasteiger partial charge in [-0.05, 0) is 19.1 Å². The van der Waals surface area contributed by atoms with Gasteiger partial charge in [0, 0.05) is 13.1 Å². The van der Waals surface area contributed by atoms with Gasteiger partial charge in [0.25, 0.3) is 0 Å². The van der Waals surface area contributed by atoms with Crippen molar-refractivity contribution in [3.63, 3.8) is 0 Å². The Bertz CT molecular complexity index is 443. The highest BCUT2D eigenvalue weighted by Gasteiger charge is 2.11. The Balaban J connectivity index is 3.06. The van der Waals surface area contributed by atoms with E-state index in [9.17, 15) is 0 Å². The molecule has 0 aliphatic rings. The number of benzene rings is 1. The van der Waals surface area contributed by atoms with E-state index in [1.165, 1.54) is 0 Å². The first-order valence-corrected chi connectivity index (χ1v) is 5.42. The zero-order valence-corrected chi connectivity index (χ0v) is 9.83. The van der Waals surface area contributed by atoms with Gasteiger partial charge in [-0.25, -0.2) is 0 Å². The summed E-state index contributed by atoms with van der Waals surface area (Å²) in [6.45, 7) is 3.35. The van der Waals surface area contributed by atoms with Gasteiger partial charge in [-0.1, -0.05) is 17.7 Å². The van der Waals surface area contributed by atoms with Crippen molar-refractivity contribution in [3.05, 3.63) is 28.8 Å². The summed E-state index contributed by atoms with van der Waals surface area (Å²) in [6, 6.07) is 9.56. The standard InChI is InChI=1S/C12H12ClN3/c1-2-16(8-4-7-14)12-6-3-5-11(13)10(12)9-15/h3,5-6H,2,4,8H2,1H3. The number of anilines is 1. The molecule has 0 bridgehead atoms. The number of hydrogen-bond donors (Lipinski definition) is 0. The van der Waals surface area contributed by atoms with Crippen LogP contribution in [0.25, 0.3) is 0 Å². The zero-order valence-electron chi connectivity index (χ0n) is 9.07. The number of halogens is 1. The molecular formula is C12H12ClN3. The molecule has 0 aliphatic carbocycles. The summed E-state index contributed by atoms with van der Waals surface area (Å²) in [5.41, 5.74) is 1.27. The van der Waals surface area contributed by atoms with E-state index < -0.39 is 0 Å². The molecule has 0 amide bonds. The van der Waals surface area contributed by atoms with E-state index in [1.54, 1.807) is 6.07 Å². The average molecular weight is 234 g/mol. The lowest BCUT2D eigenvalue weighted by atomic mass is 10.1. The van der Waals surface area contributed by atoms with E-state index in [0.717, 1.165) is 12.2 Å². The van der Waals surface area contributed by atoms with Gasteiger partial charge < -0.3 is 4.90 Å². The molecule has 0 saturated carbocycles. The minimum absolute atomic E-state index is 0.436. The summed E-state index contributed by atoms with van der Waals surface area (Å²) in [5.74, 6) is 0. The highest BCUT2D eigenvalue weighted by atomic mass is 35.5. The van der Waals surface area contributed by atoms with E-state index in [2.05, 4.69) is 12.1 Å². The van der Waals surface area contributed by atoms with E-state index in [0.29, 0.717) is 23.6 Å². The van der Waals surface area contributed by atoms with Crippen molar-refractivity contribution >= 4 is 17.3 Å². The summed E-state index contributed by atoms with van der Waals surface area (Å²) in [6.07, 6.45) is 0.436. The van der Waals surface area contributed by atoms with Crippen LogP contribution in [0.15, 0.2) is 18.2 Å². The van der Waals surface area contributed by atoms with Crippen molar-refractivity contribution in [2.75, 3.05) is 18.0 Å². The van der Waals surface area contributed by atoms with Crippen molar-refractivity contribution < 1.29 is 0 Å². The van der Waals surface area contributed by atoms with Gasteiger partial charge in [-0.3, -0.25) is 0 Å². The second-order valence-corrected chi connectivity index (χ2v) is 3.64. The quantitative estimate of drug-likeness (QED) is 0.804. The molecule has 4 heteroatoms. The molecule has 82 valence electrons. The molecule has 0 saturated heterocycles. The maximum atomic E-state index is 9.04. The van der Waals surface area contributed by atoms with Gasteiger partial charge in [0.15, 0.2) is 0 Å². The van der Waals surface area contributed by atoms with E-state index in [-0.39, 0.29) is 0 Å². The molecule has 0 N–H and O–H groups in total. The number of rotatable bonds is 4. The first kappa shape index (κ1) is 12.4. The molecule has 0 heterocycles. The fourth-order valence-corrected chi connectivity index (χ4v) is 1.73. The molecule has 0 atom stereocenters. The Morgan fingerprint density at radius 1 is 1.38 bits per heavy atom. The van der Waals surface area contributed by atoms with Crippen molar-refractivity contribution in [3.8, 4) is 12.1 Å². The van der Waals surface area contributed by atoms with Crippen LogP contribution in [0.3, 0.4) is 0 Å². The predicted octanol–water partition coefficient (Wildman–Crippen LogP) is 2.95. The fraction of sp³-hybridized carbons (Fsp3) is 0.333. The Morgan fingerprint density at radius 3 is 2.69 bits per heavy atom. The SMILES string of the molecule is CCN(CCC#N)c1cccc(Cl)c1C#N. The van der Waals surface area contributed by atoms with Crippen LogP contribution in [0.5, 0.6) is 0 Å². The molecule has 1 aromatic carbocycles. The summed E-state index contributed by atoms with van der Waals surface area (Å²) in [4.78, 5) is 1.98. The molecule has 0 radical (unpaired) electrons. The second-order valence-electron chi connectivity index (χ2n) is 3.23. The highest BCUT2D eigenvalue weighted by molar-refractivity contribution is 6.32. The molecule has 0 aliphatic heterocycles. The van der Waals surface area contributed by atoms with E-state index in [4.69, 9.17) is 22.1 Å². The molecule has 0 unspecified atom stereocenters. The van der Waals surface area contributed by atoms with Crippen LogP contribution in [-0.4, -0.2) is 13.1 Å². The predicted molar refractivity (Wildman–Crippen MR) is 64.3 cm³/mol. The third-order valence-corrected chi connectivity index (χ3v) is 2.63. The molecule has 1 aromatic rings. The van der Waals surface area contributed by atoms with Crippen molar-refractivity contribution in [2.45, 2.75) is 13.3 Å². The summed E-state index contributed by atoms with van der Waals surface area (Å²) < 4.78 is 0. The van der Waals surface area contributed by atoms with Crippen LogP contribution in [-0.2, 0) is 0 Å². The molecule has 1 rings (SSSR count). The molecule has 0 aromatic heterocycles. The Hall–Kier alpha value is -1.71. The highest BCUT2D eigenvalue weighted by Crippen LogP contribution is 2.26. The topological polar surface area (TPSA) is 50.8 Å². The number of nitrogens with zero attached hydrogens (tertiary/aromatic N) is 3. The zero-order chi connectivity index (χ0) is 12.0.